The molecule has 0 aliphatic rings. The zero-order chi connectivity index (χ0) is 17.5. The molecule has 4 nitrogen and oxygen atoms in total. The number of para-hydroxylation sites is 1. The molecular formula is C20H21N3OS. The second-order valence-corrected chi connectivity index (χ2v) is 6.82. The molecule has 5 heteroatoms. The Labute approximate surface area is 152 Å². The lowest BCUT2D eigenvalue weighted by Crippen LogP contribution is -2.36. The summed E-state index contributed by atoms with van der Waals surface area (Å²) in [6.45, 7) is 3.31. The van der Waals surface area contributed by atoms with E-state index in [1.807, 2.05) is 53.4 Å². The van der Waals surface area contributed by atoms with E-state index in [0.29, 0.717) is 13.1 Å². The van der Waals surface area contributed by atoms with Crippen LogP contribution in [0.1, 0.15) is 16.1 Å². The monoisotopic (exact) mass is 351 g/mol. The van der Waals surface area contributed by atoms with Gasteiger partial charge >= 0.3 is 6.03 Å². The Morgan fingerprint density at radius 2 is 1.92 bits per heavy atom. The SMILES string of the molecule is Cc1ccsc1CN(CCc1ccccn1)C(=O)Nc1ccccc1. The number of nitrogens with zero attached hydrogens (tertiary/aromatic N) is 2. The van der Waals surface area contributed by atoms with Gasteiger partial charge in [0, 0.05) is 35.4 Å². The number of aromatic nitrogens is 1. The Kier molecular flexibility index (Phi) is 5.80. The van der Waals surface area contributed by atoms with Crippen molar-refractivity contribution >= 4 is 23.1 Å². The van der Waals surface area contributed by atoms with Crippen LogP contribution in [0.15, 0.2) is 66.2 Å². The Bertz CT molecular complexity index is 802. The van der Waals surface area contributed by atoms with Crippen LogP contribution in [0.25, 0.3) is 0 Å². The highest BCUT2D eigenvalue weighted by Gasteiger charge is 2.16. The van der Waals surface area contributed by atoms with Crippen LogP contribution in [0, 0.1) is 6.92 Å². The summed E-state index contributed by atoms with van der Waals surface area (Å²) in [6.07, 6.45) is 2.51. The van der Waals surface area contributed by atoms with Gasteiger partial charge in [0.25, 0.3) is 0 Å². The summed E-state index contributed by atoms with van der Waals surface area (Å²) in [5, 5.41) is 5.05. The Morgan fingerprint density at radius 1 is 1.12 bits per heavy atom. The van der Waals surface area contributed by atoms with Crippen LogP contribution in [0.4, 0.5) is 10.5 Å². The van der Waals surface area contributed by atoms with Crippen molar-refractivity contribution in [1.29, 1.82) is 0 Å². The van der Waals surface area contributed by atoms with Crippen LogP contribution in [-0.4, -0.2) is 22.5 Å². The number of aryl methyl sites for hydroxylation is 1. The molecule has 0 bridgehead atoms. The number of rotatable bonds is 6. The van der Waals surface area contributed by atoms with Gasteiger partial charge in [-0.2, -0.15) is 0 Å². The molecule has 25 heavy (non-hydrogen) atoms. The number of hydrogen-bond donors (Lipinski definition) is 1. The van der Waals surface area contributed by atoms with Gasteiger partial charge in [0.05, 0.1) is 6.54 Å². The number of hydrogen-bond acceptors (Lipinski definition) is 3. The third kappa shape index (κ3) is 4.90. The first-order valence-corrected chi connectivity index (χ1v) is 9.14. The van der Waals surface area contributed by atoms with Crippen LogP contribution < -0.4 is 5.32 Å². The van der Waals surface area contributed by atoms with Crippen LogP contribution in [0.5, 0.6) is 0 Å². The molecule has 1 aromatic carbocycles. The molecule has 0 spiro atoms. The normalized spacial score (nSPS) is 10.4. The predicted octanol–water partition coefficient (Wildman–Crippen LogP) is 4.73. The standard InChI is InChI=1S/C20H21N3OS/c1-16-11-14-25-19(16)15-23(13-10-17-7-5-6-12-21-17)20(24)22-18-8-3-2-4-9-18/h2-9,11-12,14H,10,13,15H2,1H3,(H,22,24). The van der Waals surface area contributed by atoms with E-state index in [9.17, 15) is 4.79 Å². The predicted molar refractivity (Wildman–Crippen MR) is 103 cm³/mol. The van der Waals surface area contributed by atoms with Gasteiger partial charge in [-0.1, -0.05) is 24.3 Å². The molecule has 0 saturated carbocycles. The molecule has 0 radical (unpaired) electrons. The number of carbonyl (C=O) groups is 1. The van der Waals surface area contributed by atoms with Gasteiger partial charge in [0.1, 0.15) is 0 Å². The fourth-order valence-corrected chi connectivity index (χ4v) is 3.43. The molecule has 1 N–H and O–H groups in total. The first kappa shape index (κ1) is 17.2. The maximum absolute atomic E-state index is 12.8. The van der Waals surface area contributed by atoms with Crippen molar-refractivity contribution in [3.63, 3.8) is 0 Å². The van der Waals surface area contributed by atoms with E-state index in [1.165, 1.54) is 10.4 Å². The van der Waals surface area contributed by atoms with Crippen molar-refractivity contribution < 1.29 is 4.79 Å². The third-order valence-corrected chi connectivity index (χ3v) is 4.99. The fraction of sp³-hybridized carbons (Fsp3) is 0.200. The maximum Gasteiger partial charge on any atom is 0.322 e. The van der Waals surface area contributed by atoms with Gasteiger partial charge in [-0.15, -0.1) is 11.3 Å². The average Bonchev–Trinajstić information content (AvgIpc) is 3.05. The number of urea groups is 1. The van der Waals surface area contributed by atoms with Gasteiger partial charge < -0.3 is 10.2 Å². The maximum atomic E-state index is 12.8. The number of thiophene rings is 1. The van der Waals surface area contributed by atoms with Gasteiger partial charge in [-0.25, -0.2) is 4.79 Å². The molecule has 0 fully saturated rings. The van der Waals surface area contributed by atoms with Crippen molar-refractivity contribution in [2.24, 2.45) is 0 Å². The lowest BCUT2D eigenvalue weighted by molar-refractivity contribution is 0.210. The molecule has 0 saturated heterocycles. The van der Waals surface area contributed by atoms with E-state index >= 15 is 0 Å². The Balaban J connectivity index is 1.71. The second-order valence-electron chi connectivity index (χ2n) is 5.82. The summed E-state index contributed by atoms with van der Waals surface area (Å²) in [6, 6.07) is 17.4. The molecule has 2 aromatic heterocycles. The Hall–Kier alpha value is -2.66. The molecule has 3 rings (SSSR count). The van der Waals surface area contributed by atoms with Crippen molar-refractivity contribution in [1.82, 2.24) is 9.88 Å². The van der Waals surface area contributed by atoms with Crippen LogP contribution in [0.2, 0.25) is 0 Å². The molecule has 0 aliphatic heterocycles. The number of anilines is 1. The van der Waals surface area contributed by atoms with Crippen molar-refractivity contribution in [2.45, 2.75) is 19.9 Å². The highest BCUT2D eigenvalue weighted by Crippen LogP contribution is 2.19. The van der Waals surface area contributed by atoms with Crippen molar-refractivity contribution in [3.8, 4) is 0 Å². The van der Waals surface area contributed by atoms with Crippen LogP contribution in [0.3, 0.4) is 0 Å². The quantitative estimate of drug-likeness (QED) is 0.698. The smallest absolute Gasteiger partial charge is 0.319 e. The van der Waals surface area contributed by atoms with Gasteiger partial charge in [0.2, 0.25) is 0 Å². The molecule has 0 unspecified atom stereocenters. The molecule has 2 amide bonds. The number of pyridine rings is 1. The lowest BCUT2D eigenvalue weighted by atomic mass is 10.2. The van der Waals surface area contributed by atoms with Crippen molar-refractivity contribution in [3.05, 3.63) is 82.3 Å². The van der Waals surface area contributed by atoms with E-state index in [-0.39, 0.29) is 6.03 Å². The molecular weight excluding hydrogens is 330 g/mol. The second kappa shape index (κ2) is 8.44. The van der Waals surface area contributed by atoms with Gasteiger partial charge in [-0.3, -0.25) is 4.98 Å². The van der Waals surface area contributed by atoms with Crippen LogP contribution in [-0.2, 0) is 13.0 Å². The minimum absolute atomic E-state index is 0.0880. The summed E-state index contributed by atoms with van der Waals surface area (Å²) in [4.78, 5) is 20.2. The van der Waals surface area contributed by atoms with E-state index < -0.39 is 0 Å². The highest BCUT2D eigenvalue weighted by atomic mass is 32.1. The zero-order valence-electron chi connectivity index (χ0n) is 14.2. The van der Waals surface area contributed by atoms with E-state index in [0.717, 1.165) is 17.8 Å². The summed E-state index contributed by atoms with van der Waals surface area (Å²) >= 11 is 1.69. The number of amides is 2. The molecule has 2 heterocycles. The largest absolute Gasteiger partial charge is 0.322 e. The number of benzene rings is 1. The van der Waals surface area contributed by atoms with Gasteiger partial charge in [-0.05, 0) is 48.2 Å². The minimum Gasteiger partial charge on any atom is -0.319 e. The van der Waals surface area contributed by atoms with E-state index in [4.69, 9.17) is 0 Å². The number of nitrogens with one attached hydrogen (secondary N) is 1. The first-order chi connectivity index (χ1) is 12.2. The summed E-state index contributed by atoms with van der Waals surface area (Å²) in [5.74, 6) is 0. The zero-order valence-corrected chi connectivity index (χ0v) is 15.0. The van der Waals surface area contributed by atoms with Crippen LogP contribution >= 0.6 is 11.3 Å². The van der Waals surface area contributed by atoms with E-state index in [1.54, 1.807) is 17.5 Å². The lowest BCUT2D eigenvalue weighted by Gasteiger charge is -2.23. The van der Waals surface area contributed by atoms with Crippen molar-refractivity contribution in [2.75, 3.05) is 11.9 Å². The minimum atomic E-state index is -0.0880. The Morgan fingerprint density at radius 3 is 2.60 bits per heavy atom. The van der Waals surface area contributed by atoms with E-state index in [2.05, 4.69) is 28.7 Å². The summed E-state index contributed by atoms with van der Waals surface area (Å²) in [7, 11) is 0. The molecule has 0 atom stereocenters. The average molecular weight is 351 g/mol. The first-order valence-electron chi connectivity index (χ1n) is 8.26. The molecule has 128 valence electrons. The topological polar surface area (TPSA) is 45.2 Å². The van der Waals surface area contributed by atoms with Gasteiger partial charge in [0.15, 0.2) is 0 Å². The number of carbonyl (C=O) groups excluding carboxylic acids is 1. The summed E-state index contributed by atoms with van der Waals surface area (Å²) in [5.41, 5.74) is 3.02. The highest BCUT2D eigenvalue weighted by molar-refractivity contribution is 7.10. The third-order valence-electron chi connectivity index (χ3n) is 3.98. The summed E-state index contributed by atoms with van der Waals surface area (Å²) < 4.78 is 0. The fourth-order valence-electron chi connectivity index (χ4n) is 2.51. The molecule has 0 aliphatic carbocycles. The molecule has 3 aromatic rings.